The standard InChI is InChI=1S/C55H87N9O12/c1-12-34(10)45(53(73)62-44(29-65)55(75)76)63-51(71)40(25-32(6)7)59-48(68)39(24-31(4)5)58-50(70)43(28-37-21-17-14-18-22-37)61-54(74)46(35(11)66)64-52(72)41(26-33(8)9)60-49(69)42(27-36-19-15-13-16-20-36)57-47(67)38(56)23-30(2)3/h13-22,30-35,38-46,65-66H,12,23-29,56H2,1-11H3,(H,57,67)(H,58,70)(H,59,68)(H,60,69)(H,61,74)(H,62,73)(H,63,71)(H,64,72)(H,75,76)/t34-,35+,38-,39-,40-,41-,42-,43-,44-,45-,46-/m0/s1. The summed E-state index contributed by atoms with van der Waals surface area (Å²) in [5, 5.41) is 51.1. The average Bonchev–Trinajstić information content (AvgIpc) is 3.34. The molecular weight excluding hydrogens is 979 g/mol. The summed E-state index contributed by atoms with van der Waals surface area (Å²) in [6, 6.07) is 5.90. The van der Waals surface area contributed by atoms with Gasteiger partial charge in [-0.05, 0) is 73.3 Å². The van der Waals surface area contributed by atoms with Crippen LogP contribution in [-0.4, -0.2) is 136 Å². The highest BCUT2D eigenvalue weighted by Gasteiger charge is 2.37. The number of rotatable bonds is 33. The molecule has 2 aromatic carbocycles. The molecule has 0 radical (unpaired) electrons. The lowest BCUT2D eigenvalue weighted by Gasteiger charge is -2.30. The minimum atomic E-state index is -1.66. The van der Waals surface area contributed by atoms with Crippen LogP contribution in [0.2, 0.25) is 0 Å². The van der Waals surface area contributed by atoms with Gasteiger partial charge in [0.05, 0.1) is 18.8 Å². The Bertz CT molecular complexity index is 2190. The third-order valence-corrected chi connectivity index (χ3v) is 12.6. The first-order valence-corrected chi connectivity index (χ1v) is 26.5. The molecule has 76 heavy (non-hydrogen) atoms. The number of nitrogens with one attached hydrogen (secondary N) is 8. The number of aliphatic hydroxyl groups excluding tert-OH is 2. The number of hydrogen-bond donors (Lipinski definition) is 12. The van der Waals surface area contributed by atoms with Crippen LogP contribution in [-0.2, 0) is 56.0 Å². The van der Waals surface area contributed by atoms with Crippen LogP contribution in [0.3, 0.4) is 0 Å². The van der Waals surface area contributed by atoms with Crippen LogP contribution in [0.4, 0.5) is 0 Å². The van der Waals surface area contributed by atoms with E-state index in [1.165, 1.54) is 6.92 Å². The number of benzene rings is 2. The number of aliphatic carboxylic acids is 1. The Kier molecular flexibility index (Phi) is 28.4. The smallest absolute Gasteiger partial charge is 0.328 e. The lowest BCUT2D eigenvalue weighted by atomic mass is 9.96. The second-order valence-corrected chi connectivity index (χ2v) is 21.5. The Labute approximate surface area is 448 Å². The Hall–Kier alpha value is -6.45. The fourth-order valence-corrected chi connectivity index (χ4v) is 8.26. The third-order valence-electron chi connectivity index (χ3n) is 12.6. The highest BCUT2D eigenvalue weighted by molar-refractivity contribution is 5.98. The predicted octanol–water partition coefficient (Wildman–Crippen LogP) is 1.37. The van der Waals surface area contributed by atoms with Gasteiger partial charge in [-0.3, -0.25) is 38.4 Å². The van der Waals surface area contributed by atoms with Crippen molar-refractivity contribution in [1.82, 2.24) is 42.5 Å². The van der Waals surface area contributed by atoms with Crippen LogP contribution in [0.5, 0.6) is 0 Å². The Balaban J connectivity index is 2.47. The van der Waals surface area contributed by atoms with E-state index in [2.05, 4.69) is 42.5 Å². The van der Waals surface area contributed by atoms with Crippen LogP contribution in [0, 0.1) is 29.6 Å². The number of carbonyl (C=O) groups is 9. The van der Waals surface area contributed by atoms with Gasteiger partial charge in [0.15, 0.2) is 0 Å². The van der Waals surface area contributed by atoms with Crippen molar-refractivity contribution in [2.75, 3.05) is 6.61 Å². The third kappa shape index (κ3) is 23.2. The first-order valence-electron chi connectivity index (χ1n) is 26.5. The molecule has 0 aliphatic heterocycles. The van der Waals surface area contributed by atoms with Crippen LogP contribution in [0.25, 0.3) is 0 Å². The Morgan fingerprint density at radius 2 is 0.750 bits per heavy atom. The molecule has 2 aromatic rings. The summed E-state index contributed by atoms with van der Waals surface area (Å²) in [7, 11) is 0. The largest absolute Gasteiger partial charge is 0.480 e. The van der Waals surface area contributed by atoms with E-state index in [4.69, 9.17) is 5.73 Å². The Morgan fingerprint density at radius 3 is 1.09 bits per heavy atom. The molecule has 0 saturated heterocycles. The molecule has 0 bridgehead atoms. The molecule has 13 N–H and O–H groups in total. The van der Waals surface area contributed by atoms with E-state index in [9.17, 15) is 58.5 Å². The topological polar surface area (TPSA) is 337 Å². The molecule has 0 fully saturated rings. The molecule has 0 aliphatic rings. The molecule has 424 valence electrons. The summed E-state index contributed by atoms with van der Waals surface area (Å²) in [5.41, 5.74) is 7.51. The highest BCUT2D eigenvalue weighted by Crippen LogP contribution is 2.15. The molecule has 21 heteroatoms. The van der Waals surface area contributed by atoms with Crippen LogP contribution >= 0.6 is 0 Å². The van der Waals surface area contributed by atoms with Crippen LogP contribution in [0.15, 0.2) is 60.7 Å². The minimum Gasteiger partial charge on any atom is -0.480 e. The van der Waals surface area contributed by atoms with Crippen molar-refractivity contribution in [2.24, 2.45) is 35.3 Å². The van der Waals surface area contributed by atoms with Crippen molar-refractivity contribution < 1.29 is 58.5 Å². The van der Waals surface area contributed by atoms with E-state index >= 15 is 0 Å². The normalized spacial score (nSPS) is 15.8. The molecule has 21 nitrogen and oxygen atoms in total. The predicted molar refractivity (Wildman–Crippen MR) is 287 cm³/mol. The number of amides is 8. The van der Waals surface area contributed by atoms with Gasteiger partial charge < -0.3 is 63.6 Å². The molecule has 8 amide bonds. The fraction of sp³-hybridized carbons (Fsp3) is 0.618. The van der Waals surface area contributed by atoms with Crippen LogP contribution in [0.1, 0.15) is 119 Å². The molecule has 11 atom stereocenters. The molecular formula is C55H87N9O12. The van der Waals surface area contributed by atoms with E-state index in [-0.39, 0.29) is 55.8 Å². The summed E-state index contributed by atoms with van der Waals surface area (Å²) in [6.45, 7) is 18.6. The number of carbonyl (C=O) groups excluding carboxylic acids is 8. The average molecular weight is 1070 g/mol. The van der Waals surface area contributed by atoms with Crippen molar-refractivity contribution in [2.45, 2.75) is 182 Å². The zero-order chi connectivity index (χ0) is 57.4. The molecule has 0 saturated carbocycles. The van der Waals surface area contributed by atoms with Gasteiger partial charge in [0.1, 0.15) is 48.3 Å². The van der Waals surface area contributed by atoms with Crippen molar-refractivity contribution in [1.29, 1.82) is 0 Å². The number of carboxylic acid groups (broad SMARTS) is 1. The molecule has 0 aliphatic carbocycles. The van der Waals surface area contributed by atoms with Gasteiger partial charge in [-0.15, -0.1) is 0 Å². The highest BCUT2D eigenvalue weighted by atomic mass is 16.4. The number of nitrogens with two attached hydrogens (primary N) is 1. The summed E-state index contributed by atoms with van der Waals surface area (Å²) < 4.78 is 0. The van der Waals surface area contributed by atoms with Gasteiger partial charge >= 0.3 is 5.97 Å². The first kappa shape index (κ1) is 65.7. The zero-order valence-corrected chi connectivity index (χ0v) is 46.2. The Morgan fingerprint density at radius 1 is 0.434 bits per heavy atom. The van der Waals surface area contributed by atoms with Crippen molar-refractivity contribution in [3.63, 3.8) is 0 Å². The SMILES string of the molecule is CC[C@H](C)[C@H](NC(=O)[C@H](CC(C)C)NC(=O)[C@H](CC(C)C)NC(=O)[C@H](Cc1ccccc1)NC(=O)[C@@H](NC(=O)[C@H](CC(C)C)NC(=O)[C@H](Cc1ccccc1)NC(=O)[C@@H](N)CC(C)C)[C@@H](C)O)C(=O)N[C@@H](CO)C(=O)O. The minimum absolute atomic E-state index is 0.0729. The van der Waals surface area contributed by atoms with Crippen LogP contribution < -0.4 is 48.3 Å². The number of carboxylic acids is 1. The van der Waals surface area contributed by atoms with Crippen molar-refractivity contribution >= 4 is 53.2 Å². The molecule has 0 heterocycles. The molecule has 0 unspecified atom stereocenters. The quantitative estimate of drug-likeness (QED) is 0.0481. The summed E-state index contributed by atoms with van der Waals surface area (Å²) in [5.74, 6) is -8.56. The van der Waals surface area contributed by atoms with Gasteiger partial charge in [-0.25, -0.2) is 4.79 Å². The molecule has 2 rings (SSSR count). The second kappa shape index (κ2) is 32.9. The van der Waals surface area contributed by atoms with E-state index in [0.717, 1.165) is 5.56 Å². The van der Waals surface area contributed by atoms with E-state index < -0.39 is 126 Å². The molecule has 0 aromatic heterocycles. The van der Waals surface area contributed by atoms with Gasteiger partial charge in [0, 0.05) is 12.8 Å². The maximum atomic E-state index is 14.5. The zero-order valence-electron chi connectivity index (χ0n) is 46.2. The summed E-state index contributed by atoms with van der Waals surface area (Å²) >= 11 is 0. The lowest BCUT2D eigenvalue weighted by molar-refractivity contribution is -0.143. The molecule has 0 spiro atoms. The monoisotopic (exact) mass is 1070 g/mol. The van der Waals surface area contributed by atoms with Gasteiger partial charge in [-0.1, -0.05) is 136 Å². The summed E-state index contributed by atoms with van der Waals surface area (Å²) in [6.07, 6.45) is -0.536. The van der Waals surface area contributed by atoms with E-state index in [1.807, 2.05) is 61.5 Å². The van der Waals surface area contributed by atoms with E-state index in [1.54, 1.807) is 68.4 Å². The lowest BCUT2D eigenvalue weighted by Crippen LogP contribution is -2.62. The van der Waals surface area contributed by atoms with Gasteiger partial charge in [0.25, 0.3) is 0 Å². The fourth-order valence-electron chi connectivity index (χ4n) is 8.26. The van der Waals surface area contributed by atoms with Gasteiger partial charge in [0.2, 0.25) is 47.3 Å². The van der Waals surface area contributed by atoms with Gasteiger partial charge in [-0.2, -0.15) is 0 Å². The number of aliphatic hydroxyl groups is 2. The van der Waals surface area contributed by atoms with Crippen molar-refractivity contribution in [3.05, 3.63) is 71.8 Å². The maximum Gasteiger partial charge on any atom is 0.328 e. The van der Waals surface area contributed by atoms with E-state index in [0.29, 0.717) is 18.4 Å². The number of hydrogen-bond acceptors (Lipinski definition) is 12. The first-order chi connectivity index (χ1) is 35.7. The maximum absolute atomic E-state index is 14.5. The second-order valence-electron chi connectivity index (χ2n) is 21.5. The van der Waals surface area contributed by atoms with Crippen molar-refractivity contribution in [3.8, 4) is 0 Å². The summed E-state index contributed by atoms with van der Waals surface area (Å²) in [4.78, 5) is 123.